The number of rotatable bonds is 7. The third-order valence-electron chi connectivity index (χ3n) is 9.85. The van der Waals surface area contributed by atoms with Crippen molar-refractivity contribution in [3.63, 3.8) is 0 Å². The lowest BCUT2D eigenvalue weighted by atomic mass is 9.97. The molecule has 0 N–H and O–H groups in total. The van der Waals surface area contributed by atoms with Crippen LogP contribution in [0.25, 0.3) is 101 Å². The molecule has 0 fully saturated rings. The topological polar surface area (TPSA) is 51.8 Å². The molecule has 0 radical (unpaired) electrons. The molecule has 0 bridgehead atoms. The summed E-state index contributed by atoms with van der Waals surface area (Å²) < 4.78 is 48.0. The lowest BCUT2D eigenvalue weighted by molar-refractivity contribution is 0.669. The molecule has 4 nitrogen and oxygen atoms in total. The number of fused-ring (bicyclic) bond motifs is 3. The predicted molar refractivity (Wildman–Crippen MR) is 225 cm³/mol. The number of aromatic nitrogens is 3. The van der Waals surface area contributed by atoms with Crippen LogP contribution in [0, 0.1) is 0 Å². The van der Waals surface area contributed by atoms with E-state index in [2.05, 4.69) is 91.0 Å². The van der Waals surface area contributed by atoms with Crippen LogP contribution in [0.1, 0.15) is 6.85 Å². The van der Waals surface area contributed by atoms with Crippen molar-refractivity contribution in [2.24, 2.45) is 0 Å². The molecule has 0 aliphatic rings. The molecule has 0 aliphatic carbocycles. The minimum Gasteiger partial charge on any atom is -0.456 e. The first-order valence-corrected chi connectivity index (χ1v) is 18.0. The normalized spacial score (nSPS) is 12.5. The molecule has 10 aromatic rings. The molecule has 0 saturated carbocycles. The van der Waals surface area contributed by atoms with E-state index in [9.17, 15) is 0 Å². The van der Waals surface area contributed by atoms with Crippen LogP contribution < -0.4 is 0 Å². The van der Waals surface area contributed by atoms with Crippen LogP contribution in [0.5, 0.6) is 0 Å². The molecule has 0 unspecified atom stereocenters. The van der Waals surface area contributed by atoms with Crippen molar-refractivity contribution in [2.75, 3.05) is 0 Å². The van der Waals surface area contributed by atoms with Crippen molar-refractivity contribution < 1.29 is 11.3 Å². The monoisotopic (exact) mass is 708 g/mol. The molecule has 258 valence electrons. The number of benzene rings is 8. The van der Waals surface area contributed by atoms with E-state index < -0.39 is 6.04 Å². The summed E-state index contributed by atoms with van der Waals surface area (Å²) in [6.45, 7) is 0. The Labute approximate surface area is 326 Å². The van der Waals surface area contributed by atoms with Crippen molar-refractivity contribution in [1.29, 1.82) is 0 Å². The van der Waals surface area contributed by atoms with Gasteiger partial charge < -0.3 is 4.42 Å². The van der Waals surface area contributed by atoms with Crippen molar-refractivity contribution >= 4 is 21.9 Å². The van der Waals surface area contributed by atoms with E-state index in [-0.39, 0.29) is 29.7 Å². The highest BCUT2D eigenvalue weighted by molar-refractivity contribution is 6.07. The molecule has 0 aliphatic heterocycles. The molecule has 0 spiro atoms. The van der Waals surface area contributed by atoms with Gasteiger partial charge >= 0.3 is 0 Å². The van der Waals surface area contributed by atoms with Gasteiger partial charge in [0.25, 0.3) is 0 Å². The second kappa shape index (κ2) is 13.8. The fraction of sp³-hybridized carbons (Fsp3) is 0. The summed E-state index contributed by atoms with van der Waals surface area (Å²) in [7, 11) is 0. The Morgan fingerprint density at radius 2 is 0.764 bits per heavy atom. The SMILES string of the molecule is [2H]c1c([2H])c([2H])c(-c2cccc(-c3nc(-c4ccccc4)nc(-c4ccc5oc6cc(-c7ccc(-c8ccc(-c9ccccc9)cc8)cc7)ccc6c5c4)n3)c2)c([2H])c1[2H]. The molecule has 2 heterocycles. The molecule has 8 aromatic carbocycles. The largest absolute Gasteiger partial charge is 0.456 e. The molecule has 0 amide bonds. The highest BCUT2D eigenvalue weighted by Crippen LogP contribution is 2.36. The fourth-order valence-electron chi connectivity index (χ4n) is 7.00. The van der Waals surface area contributed by atoms with Crippen molar-refractivity contribution in [1.82, 2.24) is 15.0 Å². The zero-order valence-electron chi connectivity index (χ0n) is 34.4. The summed E-state index contributed by atoms with van der Waals surface area (Å²) in [4.78, 5) is 14.7. The Balaban J connectivity index is 0.994. The van der Waals surface area contributed by atoms with E-state index >= 15 is 0 Å². The smallest absolute Gasteiger partial charge is 0.164 e. The van der Waals surface area contributed by atoms with Crippen LogP contribution in [0.15, 0.2) is 204 Å². The zero-order valence-corrected chi connectivity index (χ0v) is 29.4. The van der Waals surface area contributed by atoms with Gasteiger partial charge in [-0.2, -0.15) is 0 Å². The first-order chi connectivity index (χ1) is 29.3. The van der Waals surface area contributed by atoms with E-state index in [1.54, 1.807) is 18.2 Å². The summed E-state index contributed by atoms with van der Waals surface area (Å²) in [5, 5.41) is 1.89. The van der Waals surface area contributed by atoms with Crippen molar-refractivity contribution in [3.05, 3.63) is 200 Å². The standard InChI is InChI=1S/C51H33N3O/c1-4-11-34(12-5-1)36-19-21-37(22-20-36)38-23-25-39(26-24-38)42-27-29-45-46-32-44(28-30-47(46)55-48(45)33-42)51-53-49(40-15-8-3-9-16-40)52-50(54-51)43-18-10-17-41(31-43)35-13-6-2-7-14-35/h1-33H/i2D,6D,7D,13D,14D. The third kappa shape index (κ3) is 6.36. The maximum atomic E-state index is 8.55. The van der Waals surface area contributed by atoms with Gasteiger partial charge in [-0.15, -0.1) is 0 Å². The molecule has 0 atom stereocenters. The highest BCUT2D eigenvalue weighted by atomic mass is 16.3. The van der Waals surface area contributed by atoms with E-state index in [4.69, 9.17) is 26.2 Å². The molecular formula is C51H33N3O. The number of hydrogen-bond donors (Lipinski definition) is 0. The molecule has 0 saturated heterocycles. The summed E-state index contributed by atoms with van der Waals surface area (Å²) in [5.74, 6) is 1.31. The van der Waals surface area contributed by atoms with Crippen LogP contribution in [-0.2, 0) is 0 Å². The second-order valence-electron chi connectivity index (χ2n) is 13.3. The van der Waals surface area contributed by atoms with Crippen molar-refractivity contribution in [2.45, 2.75) is 0 Å². The first-order valence-electron chi connectivity index (χ1n) is 20.5. The van der Waals surface area contributed by atoms with Gasteiger partial charge in [0.2, 0.25) is 0 Å². The Hall–Kier alpha value is -7.43. The van der Waals surface area contributed by atoms with Gasteiger partial charge in [0.15, 0.2) is 17.5 Å². The Morgan fingerprint density at radius 1 is 0.309 bits per heavy atom. The van der Waals surface area contributed by atoms with Crippen LogP contribution in [0.2, 0.25) is 0 Å². The van der Waals surface area contributed by atoms with Gasteiger partial charge in [0.05, 0.1) is 6.85 Å². The summed E-state index contributed by atoms with van der Waals surface area (Å²) in [5.41, 5.74) is 11.1. The summed E-state index contributed by atoms with van der Waals surface area (Å²) in [6.07, 6.45) is 0. The van der Waals surface area contributed by atoms with Gasteiger partial charge in [-0.05, 0) is 80.9 Å². The van der Waals surface area contributed by atoms with Gasteiger partial charge in [-0.1, -0.05) is 164 Å². The summed E-state index contributed by atoms with van der Waals surface area (Å²) >= 11 is 0. The average molecular weight is 709 g/mol. The van der Waals surface area contributed by atoms with Crippen molar-refractivity contribution in [3.8, 4) is 78.7 Å². The molecule has 55 heavy (non-hydrogen) atoms. The maximum Gasteiger partial charge on any atom is 0.164 e. The van der Waals surface area contributed by atoms with Crippen LogP contribution in [0.4, 0.5) is 0 Å². The number of hydrogen-bond acceptors (Lipinski definition) is 4. The van der Waals surface area contributed by atoms with E-state index in [0.29, 0.717) is 28.6 Å². The number of nitrogens with zero attached hydrogens (tertiary/aromatic N) is 3. The molecular weight excluding hydrogens is 671 g/mol. The average Bonchev–Trinajstić information content (AvgIpc) is 3.68. The van der Waals surface area contributed by atoms with E-state index in [1.807, 2.05) is 60.7 Å². The predicted octanol–water partition coefficient (Wildman–Crippen LogP) is 13.4. The first kappa shape index (κ1) is 27.2. The van der Waals surface area contributed by atoms with Crippen LogP contribution in [0.3, 0.4) is 0 Å². The molecule has 2 aromatic heterocycles. The Bertz CT molecular complexity index is 3210. The molecule has 10 rings (SSSR count). The summed E-state index contributed by atoms with van der Waals surface area (Å²) in [6, 6.07) is 54.8. The molecule has 4 heteroatoms. The van der Waals surface area contributed by atoms with Gasteiger partial charge in [-0.25, -0.2) is 15.0 Å². The highest BCUT2D eigenvalue weighted by Gasteiger charge is 2.16. The maximum absolute atomic E-state index is 8.55. The second-order valence-corrected chi connectivity index (χ2v) is 13.3. The zero-order chi connectivity index (χ0) is 40.9. The lowest BCUT2D eigenvalue weighted by Gasteiger charge is -2.10. The van der Waals surface area contributed by atoms with E-state index in [0.717, 1.165) is 55.3 Å². The van der Waals surface area contributed by atoms with Gasteiger partial charge in [0, 0.05) is 27.5 Å². The minimum absolute atomic E-state index is 0.114. The Morgan fingerprint density at radius 3 is 1.40 bits per heavy atom. The minimum atomic E-state index is -0.436. The lowest BCUT2D eigenvalue weighted by Crippen LogP contribution is -2.00. The third-order valence-corrected chi connectivity index (χ3v) is 9.85. The quantitative estimate of drug-likeness (QED) is 0.165. The van der Waals surface area contributed by atoms with Gasteiger partial charge in [0.1, 0.15) is 11.2 Å². The van der Waals surface area contributed by atoms with Gasteiger partial charge in [-0.3, -0.25) is 0 Å². The Kier molecular flexibility index (Phi) is 6.85. The van der Waals surface area contributed by atoms with Crippen LogP contribution in [-0.4, -0.2) is 15.0 Å². The van der Waals surface area contributed by atoms with E-state index in [1.165, 1.54) is 11.1 Å². The fourth-order valence-corrected chi connectivity index (χ4v) is 7.00. The number of furan rings is 1. The van der Waals surface area contributed by atoms with Crippen LogP contribution >= 0.6 is 0 Å².